The van der Waals surface area contributed by atoms with Gasteiger partial charge in [0, 0.05) is 0 Å². The Morgan fingerprint density at radius 3 is 1.95 bits per heavy atom. The van der Waals surface area contributed by atoms with Crippen molar-refractivity contribution in [2.75, 3.05) is 0 Å². The second-order valence-electron chi connectivity index (χ2n) is 4.16. The number of rotatable bonds is 2. The van der Waals surface area contributed by atoms with Crippen LogP contribution in [-0.2, 0) is 17.1 Å². The van der Waals surface area contributed by atoms with E-state index >= 15 is 0 Å². The second-order valence-corrected chi connectivity index (χ2v) is 5.08. The van der Waals surface area contributed by atoms with E-state index in [1.807, 2.05) is 36.4 Å². The molecular weight excluding hydrogens is 344 g/mol. The van der Waals surface area contributed by atoms with Crippen LogP contribution in [0.5, 0.6) is 0 Å². The topological polar surface area (TPSA) is 23.1 Å². The molecule has 0 spiro atoms. The molecule has 0 saturated heterocycles. The zero-order chi connectivity index (χ0) is 13.5. The minimum Gasteiger partial charge on any atom is -0.875 e. The van der Waals surface area contributed by atoms with Crippen LogP contribution in [0.15, 0.2) is 63.4 Å². The Hall–Kier alpha value is -0.631. The smallest absolute Gasteiger partial charge is 0.875 e. The van der Waals surface area contributed by atoms with E-state index in [-0.39, 0.29) is 22.8 Å². The van der Waals surface area contributed by atoms with Crippen molar-refractivity contribution in [3.63, 3.8) is 0 Å². The monoisotopic (exact) mass is 362 g/mol. The quantitative estimate of drug-likeness (QED) is 0.432. The fourth-order valence-electron chi connectivity index (χ4n) is 1.81. The van der Waals surface area contributed by atoms with Crippen molar-refractivity contribution in [3.05, 3.63) is 63.4 Å². The Kier molecular flexibility index (Phi) is 8.99. The van der Waals surface area contributed by atoms with E-state index in [2.05, 4.69) is 29.8 Å². The van der Waals surface area contributed by atoms with Gasteiger partial charge in [-0.15, -0.1) is 10.2 Å². The number of allylic oxidation sites excluding steroid dienone is 6. The molecule has 2 rings (SSSR count). The summed E-state index contributed by atoms with van der Waals surface area (Å²) in [4.78, 5) is 0. The van der Waals surface area contributed by atoms with Crippen LogP contribution in [0, 0.1) is 0 Å². The second kappa shape index (κ2) is 9.30. The first-order valence-electron chi connectivity index (χ1n) is 6.25. The molecule has 0 saturated carbocycles. The standard InChI is InChI=1S/C11H16O.C5H4Br.Fe/c1-4-9-6-11(8(3)12)7-10(9)5-2;6-5-3-1-2-4-5;/h6-7,12H,4-5H2,1-3H3;1-4H;/q;-1;+2/p-1. The molecule has 0 aliphatic heterocycles. The fourth-order valence-corrected chi connectivity index (χ4v) is 2.12. The van der Waals surface area contributed by atoms with Crippen LogP contribution in [-0.4, -0.2) is 0 Å². The summed E-state index contributed by atoms with van der Waals surface area (Å²) < 4.78 is 1.16. The molecule has 104 valence electrons. The van der Waals surface area contributed by atoms with Gasteiger partial charge in [0.05, 0.1) is 0 Å². The third-order valence-electron chi connectivity index (χ3n) is 2.86. The van der Waals surface area contributed by atoms with Gasteiger partial charge in [0.1, 0.15) is 0 Å². The average molecular weight is 363 g/mol. The van der Waals surface area contributed by atoms with Gasteiger partial charge < -0.3 is 5.11 Å². The van der Waals surface area contributed by atoms with Crippen LogP contribution in [0.4, 0.5) is 0 Å². The molecule has 0 heterocycles. The molecule has 19 heavy (non-hydrogen) atoms. The molecule has 0 aromatic heterocycles. The van der Waals surface area contributed by atoms with Crippen molar-refractivity contribution in [1.82, 2.24) is 0 Å². The Morgan fingerprint density at radius 1 is 1.21 bits per heavy atom. The van der Waals surface area contributed by atoms with E-state index < -0.39 is 0 Å². The predicted octanol–water partition coefficient (Wildman–Crippen LogP) is 4.47. The van der Waals surface area contributed by atoms with Gasteiger partial charge in [-0.2, -0.15) is 18.2 Å². The van der Waals surface area contributed by atoms with E-state index in [1.54, 1.807) is 6.92 Å². The third kappa shape index (κ3) is 5.90. The van der Waals surface area contributed by atoms with E-state index in [0.29, 0.717) is 0 Å². The van der Waals surface area contributed by atoms with Gasteiger partial charge in [-0.25, -0.2) is 6.07 Å². The molecule has 1 nitrogen and oxygen atoms in total. The van der Waals surface area contributed by atoms with Gasteiger partial charge >= 0.3 is 17.1 Å². The van der Waals surface area contributed by atoms with Gasteiger partial charge in [-0.3, -0.25) is 0 Å². The van der Waals surface area contributed by atoms with Crippen LogP contribution >= 0.6 is 15.9 Å². The van der Waals surface area contributed by atoms with Gasteiger partial charge in [-0.05, 0) is 29.6 Å². The van der Waals surface area contributed by atoms with Crippen molar-refractivity contribution in [2.24, 2.45) is 0 Å². The van der Waals surface area contributed by atoms with Crippen LogP contribution in [0.1, 0.15) is 33.6 Å². The molecule has 0 fully saturated rings. The first kappa shape index (κ1) is 18.4. The summed E-state index contributed by atoms with van der Waals surface area (Å²) in [6.07, 6.45) is 6.08. The van der Waals surface area contributed by atoms with Crippen molar-refractivity contribution < 1.29 is 22.2 Å². The summed E-state index contributed by atoms with van der Waals surface area (Å²) in [6, 6.07) is 7.98. The van der Waals surface area contributed by atoms with Crippen LogP contribution < -0.4 is 5.11 Å². The first-order chi connectivity index (χ1) is 8.58. The first-order valence-corrected chi connectivity index (χ1v) is 7.04. The Labute approximate surface area is 135 Å². The van der Waals surface area contributed by atoms with Crippen molar-refractivity contribution >= 4 is 15.9 Å². The average Bonchev–Trinajstić information content (AvgIpc) is 2.97. The van der Waals surface area contributed by atoms with Crippen molar-refractivity contribution in [3.8, 4) is 0 Å². The number of hydrogen-bond donors (Lipinski definition) is 0. The maximum atomic E-state index is 11.0. The van der Waals surface area contributed by atoms with E-state index in [0.717, 1.165) is 22.9 Å². The third-order valence-corrected chi connectivity index (χ3v) is 3.39. The number of hydrogen-bond acceptors (Lipinski definition) is 1. The summed E-state index contributed by atoms with van der Waals surface area (Å²) in [5.74, 6) is 0.171. The van der Waals surface area contributed by atoms with E-state index in [1.165, 1.54) is 11.1 Å². The van der Waals surface area contributed by atoms with Gasteiger partial charge in [0.2, 0.25) is 0 Å². The summed E-state index contributed by atoms with van der Waals surface area (Å²) in [7, 11) is 0. The summed E-state index contributed by atoms with van der Waals surface area (Å²) >= 11 is 3.28. The zero-order valence-electron chi connectivity index (χ0n) is 11.5. The minimum atomic E-state index is 0. The molecule has 0 bridgehead atoms. The molecule has 0 atom stereocenters. The molecule has 1 aromatic carbocycles. The summed E-state index contributed by atoms with van der Waals surface area (Å²) in [5.41, 5.74) is 3.51. The van der Waals surface area contributed by atoms with Crippen molar-refractivity contribution in [1.29, 1.82) is 0 Å². The molecule has 1 aliphatic carbocycles. The Balaban J connectivity index is 0.000000392. The molecule has 3 heteroatoms. The maximum Gasteiger partial charge on any atom is 2.00 e. The largest absolute Gasteiger partial charge is 2.00 e. The van der Waals surface area contributed by atoms with Crippen LogP contribution in [0.2, 0.25) is 0 Å². The van der Waals surface area contributed by atoms with E-state index in [9.17, 15) is 5.11 Å². The zero-order valence-corrected chi connectivity index (χ0v) is 14.2. The maximum absolute atomic E-state index is 11.0. The van der Waals surface area contributed by atoms with Crippen LogP contribution in [0.25, 0.3) is 0 Å². The molecular formula is C16H19BrFeO. The molecule has 1 aliphatic rings. The van der Waals surface area contributed by atoms with Gasteiger partial charge in [0.15, 0.2) is 0 Å². The molecule has 0 N–H and O–H groups in total. The predicted molar refractivity (Wildman–Crippen MR) is 79.2 cm³/mol. The van der Waals surface area contributed by atoms with E-state index in [4.69, 9.17) is 0 Å². The van der Waals surface area contributed by atoms with Crippen molar-refractivity contribution in [2.45, 2.75) is 33.6 Å². The van der Waals surface area contributed by atoms with Crippen LogP contribution in [0.3, 0.4) is 0 Å². The SMILES string of the molecule is Brc1ccc[cH-]1.CCC1=CC(=C(C)[O-])C=C1CC.[Fe+2]. The summed E-state index contributed by atoms with van der Waals surface area (Å²) in [5, 5.41) is 11.0. The Bertz CT molecular complexity index is 441. The Morgan fingerprint density at radius 2 is 1.74 bits per heavy atom. The minimum absolute atomic E-state index is 0. The molecule has 0 unspecified atom stereocenters. The molecule has 0 amide bonds. The van der Waals surface area contributed by atoms with Gasteiger partial charge in [-0.1, -0.05) is 48.9 Å². The fraction of sp³-hybridized carbons (Fsp3) is 0.312. The normalized spacial score (nSPS) is 12.9. The van der Waals surface area contributed by atoms with Gasteiger partial charge in [0.25, 0.3) is 0 Å². The number of halogens is 1. The molecule has 0 radical (unpaired) electrons. The summed E-state index contributed by atoms with van der Waals surface area (Å²) in [6.45, 7) is 5.87. The molecule has 1 aromatic rings.